The van der Waals surface area contributed by atoms with E-state index in [0.717, 1.165) is 23.4 Å². The van der Waals surface area contributed by atoms with Crippen LogP contribution >= 0.6 is 11.6 Å². The second-order valence-corrected chi connectivity index (χ2v) is 5.33. The first-order chi connectivity index (χ1) is 9.93. The maximum Gasteiger partial charge on any atom is 0.165 e. The topological polar surface area (TPSA) is 53.1 Å². The second-order valence-electron chi connectivity index (χ2n) is 4.95. The molecule has 0 radical (unpaired) electrons. The summed E-state index contributed by atoms with van der Waals surface area (Å²) in [6.45, 7) is 3.94. The fourth-order valence-electron chi connectivity index (χ4n) is 2.04. The highest BCUT2D eigenvalue weighted by Crippen LogP contribution is 2.25. The van der Waals surface area contributed by atoms with Gasteiger partial charge in [0, 0.05) is 13.1 Å². The van der Waals surface area contributed by atoms with Gasteiger partial charge in [0.1, 0.15) is 6.61 Å². The molecular weight excluding hydrogens is 293 g/mol. The van der Waals surface area contributed by atoms with Crippen molar-refractivity contribution in [1.29, 1.82) is 0 Å². The van der Waals surface area contributed by atoms with Gasteiger partial charge in [0.25, 0.3) is 0 Å². The van der Waals surface area contributed by atoms with Crippen molar-refractivity contribution in [1.82, 2.24) is 9.78 Å². The first-order valence-corrected chi connectivity index (χ1v) is 7.19. The van der Waals surface area contributed by atoms with E-state index >= 15 is 0 Å². The quantitative estimate of drug-likeness (QED) is 0.921. The van der Waals surface area contributed by atoms with Gasteiger partial charge in [0.15, 0.2) is 11.6 Å². The van der Waals surface area contributed by atoms with Crippen LogP contribution in [0.3, 0.4) is 0 Å². The number of halogens is 2. The Morgan fingerprint density at radius 2 is 2.19 bits per heavy atom. The minimum Gasteiger partial charge on any atom is -0.484 e. The summed E-state index contributed by atoms with van der Waals surface area (Å²) in [4.78, 5) is 0. The molecule has 0 spiro atoms. The molecule has 114 valence electrons. The summed E-state index contributed by atoms with van der Waals surface area (Å²) in [5, 5.41) is 4.87. The lowest BCUT2D eigenvalue weighted by Gasteiger charge is -2.11. The number of hydrogen-bond donors (Lipinski definition) is 1. The first kappa shape index (κ1) is 15.8. The van der Waals surface area contributed by atoms with Crippen LogP contribution in [0.2, 0.25) is 5.02 Å². The molecular formula is C15H19ClFN3O. The summed E-state index contributed by atoms with van der Waals surface area (Å²) in [5.74, 6) is -0.256. The summed E-state index contributed by atoms with van der Waals surface area (Å²) < 4.78 is 21.1. The molecule has 2 aromatic rings. The Labute approximate surface area is 128 Å². The largest absolute Gasteiger partial charge is 0.484 e. The second kappa shape index (κ2) is 6.45. The highest BCUT2D eigenvalue weighted by molar-refractivity contribution is 6.31. The molecule has 0 saturated carbocycles. The number of nitrogens with two attached hydrogens (primary N) is 1. The van der Waals surface area contributed by atoms with Crippen molar-refractivity contribution in [2.75, 3.05) is 0 Å². The summed E-state index contributed by atoms with van der Waals surface area (Å²) in [6.07, 6.45) is 0.740. The predicted molar refractivity (Wildman–Crippen MR) is 80.9 cm³/mol. The maximum atomic E-state index is 13.9. The highest BCUT2D eigenvalue weighted by atomic mass is 35.5. The number of nitrogens with zero attached hydrogens (tertiary/aromatic N) is 2. The van der Waals surface area contributed by atoms with Gasteiger partial charge >= 0.3 is 0 Å². The fourth-order valence-corrected chi connectivity index (χ4v) is 2.39. The summed E-state index contributed by atoms with van der Waals surface area (Å²) in [7, 11) is 1.79. The van der Waals surface area contributed by atoms with E-state index in [9.17, 15) is 4.39 Å². The average Bonchev–Trinajstić information content (AvgIpc) is 2.72. The Balaban J connectivity index is 2.15. The molecule has 0 fully saturated rings. The molecule has 0 bridgehead atoms. The molecule has 6 heteroatoms. The smallest absolute Gasteiger partial charge is 0.165 e. The zero-order valence-corrected chi connectivity index (χ0v) is 13.1. The van der Waals surface area contributed by atoms with Gasteiger partial charge in [0.2, 0.25) is 0 Å². The SMILES string of the molecule is CCc1nn(C)c(COc2ccc([C@H](C)N)cc2F)c1Cl. The van der Waals surface area contributed by atoms with Crippen LogP contribution in [0.4, 0.5) is 4.39 Å². The third kappa shape index (κ3) is 3.36. The number of hydrogen-bond acceptors (Lipinski definition) is 3. The van der Waals surface area contributed by atoms with Crippen molar-refractivity contribution in [2.24, 2.45) is 12.8 Å². The zero-order chi connectivity index (χ0) is 15.6. The molecule has 0 aliphatic carbocycles. The van der Waals surface area contributed by atoms with Crippen LogP contribution in [0.25, 0.3) is 0 Å². The lowest BCUT2D eigenvalue weighted by Crippen LogP contribution is -2.07. The van der Waals surface area contributed by atoms with Gasteiger partial charge in [-0.05, 0) is 31.0 Å². The van der Waals surface area contributed by atoms with E-state index in [-0.39, 0.29) is 18.4 Å². The standard InChI is InChI=1S/C15H19ClFN3O/c1-4-12-15(16)13(20(3)19-12)8-21-14-6-5-10(9(2)18)7-11(14)17/h5-7,9H,4,8,18H2,1-3H3/t9-/m0/s1. The number of benzene rings is 1. The summed E-state index contributed by atoms with van der Waals surface area (Å²) in [5.41, 5.74) is 7.98. The van der Waals surface area contributed by atoms with E-state index in [1.165, 1.54) is 6.07 Å². The van der Waals surface area contributed by atoms with Crippen molar-refractivity contribution in [2.45, 2.75) is 32.9 Å². The Morgan fingerprint density at radius 3 is 2.71 bits per heavy atom. The average molecular weight is 312 g/mol. The minimum atomic E-state index is -0.432. The lowest BCUT2D eigenvalue weighted by atomic mass is 10.1. The molecule has 2 rings (SSSR count). The first-order valence-electron chi connectivity index (χ1n) is 6.82. The van der Waals surface area contributed by atoms with Crippen LogP contribution in [-0.2, 0) is 20.1 Å². The molecule has 1 heterocycles. The van der Waals surface area contributed by atoms with Crippen molar-refractivity contribution >= 4 is 11.6 Å². The Morgan fingerprint density at radius 1 is 1.48 bits per heavy atom. The number of aromatic nitrogens is 2. The molecule has 4 nitrogen and oxygen atoms in total. The van der Waals surface area contributed by atoms with Gasteiger partial charge in [-0.3, -0.25) is 4.68 Å². The van der Waals surface area contributed by atoms with Crippen LogP contribution in [0, 0.1) is 5.82 Å². The van der Waals surface area contributed by atoms with E-state index in [4.69, 9.17) is 22.1 Å². The summed E-state index contributed by atoms with van der Waals surface area (Å²) >= 11 is 6.23. The molecule has 1 atom stereocenters. The van der Waals surface area contributed by atoms with E-state index in [2.05, 4.69) is 5.10 Å². The monoisotopic (exact) mass is 311 g/mol. The maximum absolute atomic E-state index is 13.9. The molecule has 0 amide bonds. The highest BCUT2D eigenvalue weighted by Gasteiger charge is 2.14. The number of rotatable bonds is 5. The normalized spacial score (nSPS) is 12.5. The third-order valence-corrected chi connectivity index (χ3v) is 3.79. The molecule has 1 aromatic heterocycles. The molecule has 0 aliphatic rings. The molecule has 2 N–H and O–H groups in total. The van der Waals surface area contributed by atoms with Gasteiger partial charge in [0.05, 0.1) is 16.4 Å². The van der Waals surface area contributed by atoms with E-state index in [1.54, 1.807) is 30.8 Å². The molecule has 0 unspecified atom stereocenters. The predicted octanol–water partition coefficient (Wildman–Crippen LogP) is 3.37. The molecule has 1 aromatic carbocycles. The van der Waals surface area contributed by atoms with Crippen LogP contribution in [0.5, 0.6) is 5.75 Å². The van der Waals surface area contributed by atoms with Crippen molar-refractivity contribution in [3.8, 4) is 5.75 Å². The van der Waals surface area contributed by atoms with Crippen LogP contribution in [-0.4, -0.2) is 9.78 Å². The molecule has 0 aliphatic heterocycles. The molecule has 0 saturated heterocycles. The van der Waals surface area contributed by atoms with Gasteiger partial charge in [-0.2, -0.15) is 5.10 Å². The molecule has 21 heavy (non-hydrogen) atoms. The van der Waals surface area contributed by atoms with Gasteiger partial charge in [-0.25, -0.2) is 4.39 Å². The van der Waals surface area contributed by atoms with Gasteiger partial charge in [-0.1, -0.05) is 24.6 Å². The van der Waals surface area contributed by atoms with Gasteiger partial charge in [-0.15, -0.1) is 0 Å². The number of ether oxygens (including phenoxy) is 1. The van der Waals surface area contributed by atoms with Crippen molar-refractivity contribution in [3.05, 3.63) is 46.0 Å². The Hall–Kier alpha value is -1.59. The van der Waals surface area contributed by atoms with Crippen LogP contribution in [0.1, 0.15) is 36.8 Å². The zero-order valence-electron chi connectivity index (χ0n) is 12.4. The van der Waals surface area contributed by atoms with E-state index in [0.29, 0.717) is 5.02 Å². The Kier molecular flexibility index (Phi) is 4.85. The number of aryl methyl sites for hydroxylation is 2. The fraction of sp³-hybridized carbons (Fsp3) is 0.400. The van der Waals surface area contributed by atoms with Gasteiger partial charge < -0.3 is 10.5 Å². The van der Waals surface area contributed by atoms with E-state index < -0.39 is 5.82 Å². The van der Waals surface area contributed by atoms with Crippen molar-refractivity contribution in [3.63, 3.8) is 0 Å². The third-order valence-electron chi connectivity index (χ3n) is 3.35. The van der Waals surface area contributed by atoms with E-state index in [1.807, 2.05) is 6.92 Å². The van der Waals surface area contributed by atoms with Crippen molar-refractivity contribution < 1.29 is 9.13 Å². The Bertz CT molecular complexity index is 640. The lowest BCUT2D eigenvalue weighted by molar-refractivity contribution is 0.280. The van der Waals surface area contributed by atoms with Crippen LogP contribution < -0.4 is 10.5 Å². The minimum absolute atomic E-state index is 0.163. The summed E-state index contributed by atoms with van der Waals surface area (Å²) in [6, 6.07) is 4.51. The van der Waals surface area contributed by atoms with Crippen LogP contribution in [0.15, 0.2) is 18.2 Å².